The van der Waals surface area contributed by atoms with Crippen molar-refractivity contribution in [1.82, 2.24) is 0 Å². The van der Waals surface area contributed by atoms with E-state index in [4.69, 9.17) is 4.74 Å². The van der Waals surface area contributed by atoms with Gasteiger partial charge in [0.05, 0.1) is 24.0 Å². The highest BCUT2D eigenvalue weighted by Crippen LogP contribution is 2.49. The summed E-state index contributed by atoms with van der Waals surface area (Å²) in [7, 11) is 0. The molecule has 3 aromatic carbocycles. The lowest BCUT2D eigenvalue weighted by molar-refractivity contribution is -0.118. The van der Waals surface area contributed by atoms with Crippen LogP contribution < -0.4 is 15.0 Å². The summed E-state index contributed by atoms with van der Waals surface area (Å²) in [5.41, 5.74) is 4.36. The van der Waals surface area contributed by atoms with Gasteiger partial charge < -0.3 is 10.1 Å². The third-order valence-electron chi connectivity index (χ3n) is 6.79. The Morgan fingerprint density at radius 2 is 1.75 bits per heavy atom. The Morgan fingerprint density at radius 3 is 2.53 bits per heavy atom. The van der Waals surface area contributed by atoms with E-state index in [9.17, 15) is 9.59 Å². The molecular formula is C31H32N2O3. The minimum absolute atomic E-state index is 0.0669. The van der Waals surface area contributed by atoms with Crippen molar-refractivity contribution >= 4 is 23.1 Å². The van der Waals surface area contributed by atoms with E-state index in [1.165, 1.54) is 0 Å². The predicted molar refractivity (Wildman–Crippen MR) is 143 cm³/mol. The number of Topliss-reactive ketones (excluding diaryl/α,β-unsaturated/α-hetero) is 1. The number of carbonyl (C=O) groups is 2. The Hall–Kier alpha value is -3.86. The van der Waals surface area contributed by atoms with Crippen molar-refractivity contribution in [3.05, 3.63) is 101 Å². The summed E-state index contributed by atoms with van der Waals surface area (Å²) in [4.78, 5) is 29.8. The van der Waals surface area contributed by atoms with Crippen molar-refractivity contribution in [2.24, 2.45) is 5.41 Å². The maximum Gasteiger partial charge on any atom is 0.259 e. The molecule has 5 heteroatoms. The van der Waals surface area contributed by atoms with Gasteiger partial charge in [-0.15, -0.1) is 0 Å². The molecule has 1 atom stereocenters. The SMILES string of the molecule is CCCOc1cccc([C@H]2C3=C(CC(C)(C)CC3=O)Nc3ccccc3N2C(=O)c2ccccc2)c1. The molecule has 1 N–H and O–H groups in total. The molecule has 0 saturated heterocycles. The molecule has 184 valence electrons. The van der Waals surface area contributed by atoms with Crippen LogP contribution in [0, 0.1) is 5.41 Å². The molecule has 0 saturated carbocycles. The first-order valence-corrected chi connectivity index (χ1v) is 12.6. The van der Waals surface area contributed by atoms with Gasteiger partial charge in [0.25, 0.3) is 5.91 Å². The van der Waals surface area contributed by atoms with Gasteiger partial charge in [0, 0.05) is 23.3 Å². The molecule has 1 amide bonds. The lowest BCUT2D eigenvalue weighted by Gasteiger charge is -2.37. The monoisotopic (exact) mass is 480 g/mol. The van der Waals surface area contributed by atoms with Crippen LogP contribution in [-0.2, 0) is 4.79 Å². The molecule has 0 bridgehead atoms. The van der Waals surface area contributed by atoms with Gasteiger partial charge in [0.1, 0.15) is 5.75 Å². The lowest BCUT2D eigenvalue weighted by atomic mass is 9.73. The summed E-state index contributed by atoms with van der Waals surface area (Å²) in [6, 6.07) is 24.3. The minimum atomic E-state index is -0.586. The molecule has 1 aliphatic heterocycles. The van der Waals surface area contributed by atoms with E-state index in [1.54, 1.807) is 4.90 Å². The zero-order valence-corrected chi connectivity index (χ0v) is 21.1. The molecule has 0 spiro atoms. The van der Waals surface area contributed by atoms with Gasteiger partial charge in [0.15, 0.2) is 5.78 Å². The highest BCUT2D eigenvalue weighted by atomic mass is 16.5. The molecule has 5 nitrogen and oxygen atoms in total. The maximum atomic E-state index is 14.2. The summed E-state index contributed by atoms with van der Waals surface area (Å²) in [6.07, 6.45) is 2.05. The number of nitrogens with zero attached hydrogens (tertiary/aromatic N) is 1. The van der Waals surface area contributed by atoms with Gasteiger partial charge in [-0.25, -0.2) is 0 Å². The van der Waals surface area contributed by atoms with Crippen LogP contribution >= 0.6 is 0 Å². The first-order chi connectivity index (χ1) is 17.4. The van der Waals surface area contributed by atoms with E-state index in [-0.39, 0.29) is 17.1 Å². The molecule has 2 aliphatic rings. The van der Waals surface area contributed by atoms with Crippen LogP contribution in [0.3, 0.4) is 0 Å². The second-order valence-corrected chi connectivity index (χ2v) is 10.3. The fraction of sp³-hybridized carbons (Fsp3) is 0.290. The summed E-state index contributed by atoms with van der Waals surface area (Å²) in [6.45, 7) is 6.91. The van der Waals surface area contributed by atoms with Crippen molar-refractivity contribution in [2.45, 2.75) is 46.1 Å². The van der Waals surface area contributed by atoms with Crippen molar-refractivity contribution in [3.8, 4) is 5.75 Å². The number of ether oxygens (including phenoxy) is 1. The number of para-hydroxylation sites is 2. The number of anilines is 2. The van der Waals surface area contributed by atoms with Crippen molar-refractivity contribution in [1.29, 1.82) is 0 Å². The van der Waals surface area contributed by atoms with Gasteiger partial charge in [-0.2, -0.15) is 0 Å². The van der Waals surface area contributed by atoms with Crippen LogP contribution in [-0.4, -0.2) is 18.3 Å². The summed E-state index contributed by atoms with van der Waals surface area (Å²) < 4.78 is 5.94. The number of amides is 1. The van der Waals surface area contributed by atoms with Gasteiger partial charge in [-0.3, -0.25) is 14.5 Å². The fourth-order valence-electron chi connectivity index (χ4n) is 5.24. The minimum Gasteiger partial charge on any atom is -0.494 e. The first kappa shape index (κ1) is 23.9. The first-order valence-electron chi connectivity index (χ1n) is 12.6. The Labute approximate surface area is 212 Å². The van der Waals surface area contributed by atoms with Gasteiger partial charge >= 0.3 is 0 Å². The van der Waals surface area contributed by atoms with E-state index >= 15 is 0 Å². The molecule has 0 aromatic heterocycles. The summed E-state index contributed by atoms with van der Waals surface area (Å²) in [5.74, 6) is 0.649. The van der Waals surface area contributed by atoms with E-state index < -0.39 is 6.04 Å². The molecule has 1 aliphatic carbocycles. The Balaban J connectivity index is 1.76. The number of carbonyl (C=O) groups excluding carboxylic acids is 2. The lowest BCUT2D eigenvalue weighted by Crippen LogP contribution is -2.39. The largest absolute Gasteiger partial charge is 0.494 e. The summed E-state index contributed by atoms with van der Waals surface area (Å²) >= 11 is 0. The normalized spacial score (nSPS) is 18.6. The topological polar surface area (TPSA) is 58.6 Å². The van der Waals surface area contributed by atoms with Gasteiger partial charge in [-0.05, 0) is 60.2 Å². The Kier molecular flexibility index (Phi) is 6.40. The molecule has 0 radical (unpaired) electrons. The van der Waals surface area contributed by atoms with Crippen molar-refractivity contribution in [2.75, 3.05) is 16.8 Å². The number of rotatable bonds is 5. The number of hydrogen-bond donors (Lipinski definition) is 1. The highest BCUT2D eigenvalue weighted by Gasteiger charge is 2.43. The van der Waals surface area contributed by atoms with E-state index in [1.807, 2.05) is 78.9 Å². The van der Waals surface area contributed by atoms with Crippen LogP contribution in [0.15, 0.2) is 90.1 Å². The molecule has 0 unspecified atom stereocenters. The fourth-order valence-corrected chi connectivity index (χ4v) is 5.24. The van der Waals surface area contributed by atoms with E-state index in [0.717, 1.165) is 41.2 Å². The van der Waals surface area contributed by atoms with Crippen molar-refractivity contribution in [3.63, 3.8) is 0 Å². The van der Waals surface area contributed by atoms with Crippen LogP contribution in [0.4, 0.5) is 11.4 Å². The second-order valence-electron chi connectivity index (χ2n) is 10.3. The zero-order chi connectivity index (χ0) is 25.3. The average Bonchev–Trinajstić information content (AvgIpc) is 3.01. The molecule has 0 fully saturated rings. The number of allylic oxidation sites excluding steroid dienone is 1. The van der Waals surface area contributed by atoms with Gasteiger partial charge in [-0.1, -0.05) is 63.2 Å². The van der Waals surface area contributed by atoms with Crippen LogP contribution in [0.25, 0.3) is 0 Å². The number of ketones is 1. The number of fused-ring (bicyclic) bond motifs is 1. The zero-order valence-electron chi connectivity index (χ0n) is 21.1. The summed E-state index contributed by atoms with van der Waals surface area (Å²) in [5, 5.41) is 3.57. The third kappa shape index (κ3) is 4.53. The highest BCUT2D eigenvalue weighted by molar-refractivity contribution is 6.12. The molecular weight excluding hydrogens is 448 g/mol. The van der Waals surface area contributed by atoms with Crippen LogP contribution in [0.2, 0.25) is 0 Å². The van der Waals surface area contributed by atoms with Crippen LogP contribution in [0.1, 0.15) is 62.0 Å². The second kappa shape index (κ2) is 9.65. The smallest absolute Gasteiger partial charge is 0.259 e. The Morgan fingerprint density at radius 1 is 1.00 bits per heavy atom. The standard InChI is InChI=1S/C31H32N2O3/c1-4-17-36-23-14-10-13-22(18-23)29-28-25(19-31(2,3)20-27(28)34)32-24-15-8-9-16-26(24)33(29)30(35)21-11-6-5-7-12-21/h5-16,18,29,32H,4,17,19-20H2,1-3H3/t29-/m0/s1. The van der Waals surface area contributed by atoms with Gasteiger partial charge in [0.2, 0.25) is 0 Å². The molecule has 3 aromatic rings. The molecule has 1 heterocycles. The molecule has 5 rings (SSSR count). The average molecular weight is 481 g/mol. The maximum absolute atomic E-state index is 14.2. The number of hydrogen-bond acceptors (Lipinski definition) is 4. The van der Waals surface area contributed by atoms with Crippen molar-refractivity contribution < 1.29 is 14.3 Å². The van der Waals surface area contributed by atoms with E-state index in [0.29, 0.717) is 24.2 Å². The molecule has 36 heavy (non-hydrogen) atoms. The van der Waals surface area contributed by atoms with E-state index in [2.05, 4.69) is 26.1 Å². The number of benzene rings is 3. The van der Waals surface area contributed by atoms with Crippen LogP contribution in [0.5, 0.6) is 5.75 Å². The predicted octanol–water partition coefficient (Wildman–Crippen LogP) is 6.93. The Bertz CT molecular complexity index is 1330. The number of nitrogens with one attached hydrogen (secondary N) is 1. The quantitative estimate of drug-likeness (QED) is 0.430. The third-order valence-corrected chi connectivity index (χ3v) is 6.79.